The molecule has 1 aromatic heterocycles. The van der Waals surface area contributed by atoms with Crippen LogP contribution in [0.25, 0.3) is 0 Å². The van der Waals surface area contributed by atoms with Crippen molar-refractivity contribution in [2.75, 3.05) is 6.61 Å². The van der Waals surface area contributed by atoms with Crippen molar-refractivity contribution in [1.29, 1.82) is 0 Å². The highest BCUT2D eigenvalue weighted by Crippen LogP contribution is 2.39. The molecule has 1 aliphatic carbocycles. The van der Waals surface area contributed by atoms with Crippen molar-refractivity contribution >= 4 is 0 Å². The molecule has 3 rings (SSSR count). The maximum Gasteiger partial charge on any atom is 0.0697 e. The molecule has 1 aromatic rings. The molecule has 2 aliphatic rings. The van der Waals surface area contributed by atoms with Gasteiger partial charge < -0.3 is 10.1 Å². The Kier molecular flexibility index (Phi) is 4.37. The van der Waals surface area contributed by atoms with Gasteiger partial charge in [0.1, 0.15) is 0 Å². The van der Waals surface area contributed by atoms with E-state index in [0.717, 1.165) is 26.0 Å². The number of pyridine rings is 1. The van der Waals surface area contributed by atoms with Crippen LogP contribution in [0.15, 0.2) is 18.3 Å². The first-order valence-corrected chi connectivity index (χ1v) is 8.11. The molecule has 1 saturated heterocycles. The molecule has 1 aliphatic heterocycles. The fourth-order valence-corrected chi connectivity index (χ4v) is 3.76. The van der Waals surface area contributed by atoms with E-state index in [2.05, 4.69) is 23.3 Å². The molecule has 20 heavy (non-hydrogen) atoms. The number of ether oxygens (including phenoxy) is 1. The number of nitrogens with zero attached hydrogens (tertiary/aromatic N) is 1. The summed E-state index contributed by atoms with van der Waals surface area (Å²) in [6.45, 7) is 4.01. The summed E-state index contributed by atoms with van der Waals surface area (Å²) in [6, 6.07) is 4.81. The summed E-state index contributed by atoms with van der Waals surface area (Å²) >= 11 is 0. The van der Waals surface area contributed by atoms with Gasteiger partial charge in [0.25, 0.3) is 0 Å². The SMILES string of the molecule is CCc1cccnc1CNC1CCOC2(CCCC2)C1. The molecular weight excluding hydrogens is 248 g/mol. The van der Waals surface area contributed by atoms with Crippen LogP contribution < -0.4 is 5.32 Å². The number of aryl methyl sites for hydroxylation is 1. The first-order valence-electron chi connectivity index (χ1n) is 8.11. The van der Waals surface area contributed by atoms with Gasteiger partial charge in [0.05, 0.1) is 11.3 Å². The zero-order valence-corrected chi connectivity index (χ0v) is 12.5. The Morgan fingerprint density at radius 1 is 1.40 bits per heavy atom. The van der Waals surface area contributed by atoms with Crippen molar-refractivity contribution in [3.05, 3.63) is 29.6 Å². The van der Waals surface area contributed by atoms with Crippen LogP contribution in [-0.4, -0.2) is 23.2 Å². The van der Waals surface area contributed by atoms with Gasteiger partial charge in [0.2, 0.25) is 0 Å². The number of aromatic nitrogens is 1. The lowest BCUT2D eigenvalue weighted by molar-refractivity contribution is -0.0838. The number of nitrogens with one attached hydrogen (secondary N) is 1. The average molecular weight is 274 g/mol. The molecule has 1 unspecified atom stereocenters. The first kappa shape index (κ1) is 14.0. The average Bonchev–Trinajstić information content (AvgIpc) is 2.93. The molecule has 0 radical (unpaired) electrons. The number of rotatable bonds is 4. The molecule has 3 heteroatoms. The van der Waals surface area contributed by atoms with E-state index in [0.29, 0.717) is 6.04 Å². The highest BCUT2D eigenvalue weighted by atomic mass is 16.5. The van der Waals surface area contributed by atoms with Gasteiger partial charge in [-0.05, 0) is 43.7 Å². The van der Waals surface area contributed by atoms with Crippen molar-refractivity contribution in [3.63, 3.8) is 0 Å². The topological polar surface area (TPSA) is 34.2 Å². The fraction of sp³-hybridized carbons (Fsp3) is 0.706. The molecule has 1 saturated carbocycles. The van der Waals surface area contributed by atoms with Crippen LogP contribution in [0, 0.1) is 0 Å². The van der Waals surface area contributed by atoms with Crippen LogP contribution in [0.1, 0.15) is 56.7 Å². The first-order chi connectivity index (χ1) is 9.81. The Hall–Kier alpha value is -0.930. The maximum absolute atomic E-state index is 6.10. The molecule has 1 N–H and O–H groups in total. The van der Waals surface area contributed by atoms with Crippen molar-refractivity contribution in [1.82, 2.24) is 10.3 Å². The second-order valence-electron chi connectivity index (χ2n) is 6.27. The van der Waals surface area contributed by atoms with E-state index in [1.165, 1.54) is 43.4 Å². The smallest absolute Gasteiger partial charge is 0.0697 e. The highest BCUT2D eigenvalue weighted by molar-refractivity contribution is 5.19. The third-order valence-corrected chi connectivity index (χ3v) is 4.93. The lowest BCUT2D eigenvalue weighted by Gasteiger charge is -2.38. The summed E-state index contributed by atoms with van der Waals surface area (Å²) in [5.74, 6) is 0. The van der Waals surface area contributed by atoms with Gasteiger partial charge in [-0.1, -0.05) is 25.8 Å². The summed E-state index contributed by atoms with van der Waals surface area (Å²) in [6.07, 6.45) is 10.5. The van der Waals surface area contributed by atoms with E-state index in [4.69, 9.17) is 4.74 Å². The summed E-state index contributed by atoms with van der Waals surface area (Å²) in [5.41, 5.74) is 2.78. The number of hydrogen-bond acceptors (Lipinski definition) is 3. The van der Waals surface area contributed by atoms with Crippen LogP contribution >= 0.6 is 0 Å². The lowest BCUT2D eigenvalue weighted by Crippen LogP contribution is -2.45. The van der Waals surface area contributed by atoms with E-state index in [-0.39, 0.29) is 5.60 Å². The predicted molar refractivity (Wildman–Crippen MR) is 80.6 cm³/mol. The summed E-state index contributed by atoms with van der Waals surface area (Å²) in [4.78, 5) is 4.53. The van der Waals surface area contributed by atoms with Crippen molar-refractivity contribution < 1.29 is 4.74 Å². The van der Waals surface area contributed by atoms with Crippen LogP contribution in [0.3, 0.4) is 0 Å². The Bertz CT molecular complexity index is 440. The van der Waals surface area contributed by atoms with Gasteiger partial charge >= 0.3 is 0 Å². The van der Waals surface area contributed by atoms with Crippen LogP contribution in [0.5, 0.6) is 0 Å². The second-order valence-corrected chi connectivity index (χ2v) is 6.27. The molecule has 2 heterocycles. The molecule has 0 amide bonds. The zero-order valence-electron chi connectivity index (χ0n) is 12.5. The molecular formula is C17H26N2O. The second kappa shape index (κ2) is 6.23. The maximum atomic E-state index is 6.10. The summed E-state index contributed by atoms with van der Waals surface area (Å²) in [7, 11) is 0. The van der Waals surface area contributed by atoms with Gasteiger partial charge in [-0.25, -0.2) is 0 Å². The van der Waals surface area contributed by atoms with Gasteiger partial charge in [0.15, 0.2) is 0 Å². The Morgan fingerprint density at radius 3 is 3.05 bits per heavy atom. The third kappa shape index (κ3) is 3.04. The van der Waals surface area contributed by atoms with Crippen molar-refractivity contribution in [3.8, 4) is 0 Å². The lowest BCUT2D eigenvalue weighted by atomic mass is 9.89. The van der Waals surface area contributed by atoms with Crippen molar-refractivity contribution in [2.24, 2.45) is 0 Å². The molecule has 110 valence electrons. The minimum atomic E-state index is 0.202. The van der Waals surface area contributed by atoms with E-state index in [1.807, 2.05) is 12.3 Å². The normalized spacial score (nSPS) is 25.1. The van der Waals surface area contributed by atoms with E-state index >= 15 is 0 Å². The summed E-state index contributed by atoms with van der Waals surface area (Å²) < 4.78 is 6.10. The van der Waals surface area contributed by atoms with Crippen LogP contribution in [0.2, 0.25) is 0 Å². The molecule has 0 aromatic carbocycles. The van der Waals surface area contributed by atoms with Crippen LogP contribution in [0.4, 0.5) is 0 Å². The Morgan fingerprint density at radius 2 is 2.25 bits per heavy atom. The molecule has 1 spiro atoms. The molecule has 2 fully saturated rings. The largest absolute Gasteiger partial charge is 0.375 e. The van der Waals surface area contributed by atoms with Gasteiger partial charge in [-0.15, -0.1) is 0 Å². The quantitative estimate of drug-likeness (QED) is 0.915. The Balaban J connectivity index is 1.58. The van der Waals surface area contributed by atoms with Gasteiger partial charge in [0, 0.05) is 25.4 Å². The van der Waals surface area contributed by atoms with Gasteiger partial charge in [-0.2, -0.15) is 0 Å². The van der Waals surface area contributed by atoms with E-state index < -0.39 is 0 Å². The van der Waals surface area contributed by atoms with E-state index in [9.17, 15) is 0 Å². The van der Waals surface area contributed by atoms with E-state index in [1.54, 1.807) is 0 Å². The zero-order chi connectivity index (χ0) is 13.8. The minimum Gasteiger partial charge on any atom is -0.375 e. The monoisotopic (exact) mass is 274 g/mol. The minimum absolute atomic E-state index is 0.202. The fourth-order valence-electron chi connectivity index (χ4n) is 3.76. The van der Waals surface area contributed by atoms with Crippen LogP contribution in [-0.2, 0) is 17.7 Å². The highest BCUT2D eigenvalue weighted by Gasteiger charge is 2.39. The number of hydrogen-bond donors (Lipinski definition) is 1. The third-order valence-electron chi connectivity index (χ3n) is 4.93. The Labute approximate surface area is 122 Å². The molecule has 1 atom stereocenters. The molecule has 0 bridgehead atoms. The predicted octanol–water partition coefficient (Wildman–Crippen LogP) is 3.23. The molecule has 3 nitrogen and oxygen atoms in total. The van der Waals surface area contributed by atoms with Gasteiger partial charge in [-0.3, -0.25) is 4.98 Å². The van der Waals surface area contributed by atoms with Crippen molar-refractivity contribution in [2.45, 2.75) is 70.1 Å². The summed E-state index contributed by atoms with van der Waals surface area (Å²) in [5, 5.41) is 3.72. The standard InChI is InChI=1S/C17H26N2O/c1-2-14-6-5-10-18-16(14)13-19-15-7-11-20-17(12-15)8-3-4-9-17/h5-6,10,15,19H,2-4,7-9,11-13H2,1H3.